The fourth-order valence-electron chi connectivity index (χ4n) is 2.44. The van der Waals surface area contributed by atoms with Gasteiger partial charge >= 0.3 is 13.6 Å². The van der Waals surface area contributed by atoms with E-state index in [0.29, 0.717) is 15.4 Å². The molecule has 27 heavy (non-hydrogen) atoms. The molecule has 0 bridgehead atoms. The number of hydrogen-bond acceptors (Lipinski definition) is 2. The van der Waals surface area contributed by atoms with Crippen molar-refractivity contribution >= 4 is 19.6 Å². The Morgan fingerprint density at radius 1 is 1.11 bits per heavy atom. The molecule has 1 aromatic rings. The molecule has 0 aromatic heterocycles. The van der Waals surface area contributed by atoms with Gasteiger partial charge in [0.2, 0.25) is 0 Å². The Kier molecular flexibility index (Phi) is 10.1. The molecule has 0 fully saturated rings. The van der Waals surface area contributed by atoms with E-state index in [1.54, 1.807) is 0 Å². The van der Waals surface area contributed by atoms with E-state index < -0.39 is 13.6 Å². The van der Waals surface area contributed by atoms with Crippen LogP contribution in [0.25, 0.3) is 6.08 Å². The Morgan fingerprint density at radius 2 is 1.63 bits per heavy atom. The number of quaternary nitrogens is 2. The van der Waals surface area contributed by atoms with E-state index in [-0.39, 0.29) is 12.7 Å². The van der Waals surface area contributed by atoms with Crippen molar-refractivity contribution in [3.05, 3.63) is 42.0 Å². The number of carboxylic acid groups (broad SMARTS) is 1. The summed E-state index contributed by atoms with van der Waals surface area (Å²) in [7, 11) is 5.80. The van der Waals surface area contributed by atoms with Crippen LogP contribution in [-0.4, -0.2) is 84.3 Å². The van der Waals surface area contributed by atoms with E-state index in [0.717, 1.165) is 18.7 Å². The van der Waals surface area contributed by atoms with E-state index in [9.17, 15) is 9.36 Å². The van der Waals surface area contributed by atoms with Gasteiger partial charge < -0.3 is 23.9 Å². The number of benzene rings is 1. The Bertz CT molecular complexity index is 645. The Morgan fingerprint density at radius 3 is 1.96 bits per heavy atom. The van der Waals surface area contributed by atoms with Gasteiger partial charge in [-0.05, 0) is 5.56 Å². The number of rotatable bonds is 9. The first-order chi connectivity index (χ1) is 12.1. The zero-order valence-corrected chi connectivity index (χ0v) is 18.0. The maximum Gasteiger partial charge on any atom is 0.359 e. The van der Waals surface area contributed by atoms with E-state index >= 15 is 0 Å². The first-order valence-electron chi connectivity index (χ1n) is 8.74. The lowest BCUT2D eigenvalue weighted by Crippen LogP contribution is -2.39. The lowest BCUT2D eigenvalue weighted by molar-refractivity contribution is -0.903. The molecule has 1 aromatic carbocycles. The van der Waals surface area contributed by atoms with Crippen molar-refractivity contribution in [2.45, 2.75) is 13.0 Å². The molecule has 1 rings (SSSR count). The lowest BCUT2D eigenvalue weighted by Gasteiger charge is -2.30. The van der Waals surface area contributed by atoms with Crippen LogP contribution in [-0.2, 0) is 15.9 Å². The van der Waals surface area contributed by atoms with Crippen LogP contribution in [0.5, 0.6) is 0 Å². The van der Waals surface area contributed by atoms with Crippen molar-refractivity contribution < 1.29 is 33.2 Å². The number of nitrogens with zero attached hydrogens (tertiary/aromatic N) is 2. The van der Waals surface area contributed by atoms with Crippen molar-refractivity contribution in [3.63, 3.8) is 0 Å². The van der Waals surface area contributed by atoms with E-state index in [4.69, 9.17) is 14.9 Å². The average molecular weight is 402 g/mol. The van der Waals surface area contributed by atoms with Crippen LogP contribution in [0.1, 0.15) is 17.5 Å². The highest BCUT2D eigenvalue weighted by atomic mass is 31.2. The molecule has 0 atom stereocenters. The number of hydrogen-bond donors (Lipinski definition) is 3. The molecule has 0 aliphatic carbocycles. The van der Waals surface area contributed by atoms with Gasteiger partial charge in [0.05, 0.1) is 47.9 Å². The van der Waals surface area contributed by atoms with Gasteiger partial charge in [-0.2, -0.15) is 0 Å². The van der Waals surface area contributed by atoms with Gasteiger partial charge in [0.1, 0.15) is 6.54 Å². The lowest BCUT2D eigenvalue weighted by atomic mass is 10.1. The normalized spacial score (nSPS) is 12.1. The molecule has 0 spiro atoms. The first kappa shape index (κ1) is 25.5. The third kappa shape index (κ3) is 15.3. The number of aliphatic carboxylic acids is 1. The van der Waals surface area contributed by atoms with Crippen molar-refractivity contribution in [1.82, 2.24) is 0 Å². The van der Waals surface area contributed by atoms with Crippen molar-refractivity contribution in [3.8, 4) is 0 Å². The molecule has 8 heteroatoms. The quantitative estimate of drug-likeness (QED) is 0.435. The molecule has 7 nitrogen and oxygen atoms in total. The third-order valence-electron chi connectivity index (χ3n) is 3.65. The summed E-state index contributed by atoms with van der Waals surface area (Å²) in [6.45, 7) is 5.49. The number of likely N-dealkylation sites (N-methyl/N-ethyl adjacent to an activating group) is 1. The van der Waals surface area contributed by atoms with Gasteiger partial charge in [-0.1, -0.05) is 36.9 Å². The second-order valence-corrected chi connectivity index (χ2v) is 10.1. The topological polar surface area (TPSA) is 94.8 Å². The summed E-state index contributed by atoms with van der Waals surface area (Å²) < 4.78 is 12.0. The Labute approximate surface area is 162 Å². The summed E-state index contributed by atoms with van der Waals surface area (Å²) in [6, 6.07) is 8.19. The number of carbonyl (C=O) groups is 1. The summed E-state index contributed by atoms with van der Waals surface area (Å²) >= 11 is 0. The van der Waals surface area contributed by atoms with Crippen molar-refractivity contribution in [2.24, 2.45) is 0 Å². The first-order valence-corrected chi connectivity index (χ1v) is 10.5. The van der Waals surface area contributed by atoms with Crippen LogP contribution in [0.2, 0.25) is 0 Å². The molecule has 0 aliphatic heterocycles. The summed E-state index contributed by atoms with van der Waals surface area (Å²) in [5.41, 5.74) is 2.31. The molecule has 0 amide bonds. The van der Waals surface area contributed by atoms with Crippen LogP contribution in [0.3, 0.4) is 0 Å². The largest absolute Gasteiger partial charge is 0.477 e. The summed E-state index contributed by atoms with van der Waals surface area (Å²) in [5.74, 6) is -0.752. The van der Waals surface area contributed by atoms with Crippen LogP contribution < -0.4 is 0 Å². The van der Waals surface area contributed by atoms with E-state index in [1.807, 2.05) is 39.4 Å². The average Bonchev–Trinajstić information content (AvgIpc) is 2.44. The highest BCUT2D eigenvalue weighted by Crippen LogP contribution is 2.35. The molecule has 0 aliphatic rings. The van der Waals surface area contributed by atoms with Gasteiger partial charge in [0.25, 0.3) is 0 Å². The zero-order chi connectivity index (χ0) is 21.3. The summed E-state index contributed by atoms with van der Waals surface area (Å²) in [4.78, 5) is 27.7. The summed E-state index contributed by atoms with van der Waals surface area (Å²) in [6.07, 6.45) is 2.30. The van der Waals surface area contributed by atoms with Crippen LogP contribution in [0, 0.1) is 0 Å². The van der Waals surface area contributed by atoms with Crippen LogP contribution >= 0.6 is 7.60 Å². The monoisotopic (exact) mass is 402 g/mol. The molecule has 154 valence electrons. The summed E-state index contributed by atoms with van der Waals surface area (Å²) in [5, 5.41) is 8.23. The standard InChI is InChI=1S/C14H22NO3P.C5H11NO2/c1-4-13-6-8-14(9-7-13)12-15(2,3)10-5-11-19(16,17)18;1-6(2,3)4-5(7)8/h4,6-9H,1,5,10-12H2,2-3H3,(H-,16,17,18);4H2,1-3H3/p+2. The highest BCUT2D eigenvalue weighted by Gasteiger charge is 2.19. The van der Waals surface area contributed by atoms with Gasteiger partial charge in [0, 0.05) is 12.0 Å². The van der Waals surface area contributed by atoms with Crippen LogP contribution in [0.15, 0.2) is 30.8 Å². The Hall–Kier alpha value is -1.50. The Balaban J connectivity index is 0.000000713. The molecular weight excluding hydrogens is 367 g/mol. The second-order valence-electron chi connectivity index (χ2n) is 8.35. The fourth-order valence-corrected chi connectivity index (χ4v) is 3.00. The zero-order valence-electron chi connectivity index (χ0n) is 17.1. The molecular formula is C19H35N2O5P+2. The van der Waals surface area contributed by atoms with Crippen LogP contribution in [0.4, 0.5) is 0 Å². The smallest absolute Gasteiger partial charge is 0.359 e. The molecule has 0 saturated heterocycles. The molecule has 0 radical (unpaired) electrons. The minimum Gasteiger partial charge on any atom is -0.477 e. The minimum atomic E-state index is -3.87. The molecule has 0 heterocycles. The van der Waals surface area contributed by atoms with E-state index in [1.165, 1.54) is 5.56 Å². The van der Waals surface area contributed by atoms with Gasteiger partial charge in [-0.3, -0.25) is 4.57 Å². The predicted molar refractivity (Wildman–Crippen MR) is 109 cm³/mol. The van der Waals surface area contributed by atoms with Crippen molar-refractivity contribution in [2.75, 3.05) is 54.5 Å². The molecule has 0 unspecified atom stereocenters. The minimum absolute atomic E-state index is 0.0376. The second kappa shape index (κ2) is 10.7. The molecule has 3 N–H and O–H groups in total. The fraction of sp³-hybridized carbons (Fsp3) is 0.526. The highest BCUT2D eigenvalue weighted by molar-refractivity contribution is 7.51. The van der Waals surface area contributed by atoms with Gasteiger partial charge in [0.15, 0.2) is 6.54 Å². The predicted octanol–water partition coefficient (Wildman–Crippen LogP) is 2.25. The number of carboxylic acids is 1. The molecule has 0 saturated carbocycles. The van der Waals surface area contributed by atoms with Gasteiger partial charge in [-0.15, -0.1) is 0 Å². The SMILES string of the molecule is C=Cc1ccc(C[N+](C)(C)CCCP(=O)(O)O)cc1.C[N+](C)(C)CC(=O)O. The third-order valence-corrected chi connectivity index (χ3v) is 4.55. The maximum atomic E-state index is 10.8. The maximum absolute atomic E-state index is 10.8. The van der Waals surface area contributed by atoms with Gasteiger partial charge in [-0.25, -0.2) is 4.79 Å². The van der Waals surface area contributed by atoms with E-state index in [2.05, 4.69) is 32.8 Å². The van der Waals surface area contributed by atoms with Crippen molar-refractivity contribution in [1.29, 1.82) is 0 Å².